The number of carbonyl (C=O) groups is 2. The van der Waals surface area contributed by atoms with Crippen molar-refractivity contribution in [1.82, 2.24) is 10.2 Å². The molecular weight excluding hydrogens is 456 g/mol. The van der Waals surface area contributed by atoms with E-state index in [-0.39, 0.29) is 24.5 Å². The van der Waals surface area contributed by atoms with Crippen molar-refractivity contribution in [3.8, 4) is 5.75 Å². The third-order valence-electron chi connectivity index (χ3n) is 4.59. The van der Waals surface area contributed by atoms with Gasteiger partial charge in [-0.15, -0.1) is 0 Å². The van der Waals surface area contributed by atoms with Crippen molar-refractivity contribution in [3.63, 3.8) is 0 Å². The van der Waals surface area contributed by atoms with Gasteiger partial charge in [-0.1, -0.05) is 52.7 Å². The first-order valence-electron chi connectivity index (χ1n) is 9.52. The Labute approximate surface area is 185 Å². The van der Waals surface area contributed by atoms with Gasteiger partial charge in [-0.05, 0) is 56.2 Å². The zero-order valence-corrected chi connectivity index (χ0v) is 19.2. The van der Waals surface area contributed by atoms with E-state index in [1.54, 1.807) is 31.2 Å². The lowest BCUT2D eigenvalue weighted by Crippen LogP contribution is -2.50. The van der Waals surface area contributed by atoms with Gasteiger partial charge < -0.3 is 15.0 Å². The molecule has 2 atom stereocenters. The van der Waals surface area contributed by atoms with E-state index in [0.717, 1.165) is 16.5 Å². The molecule has 156 valence electrons. The van der Waals surface area contributed by atoms with Gasteiger partial charge in [0, 0.05) is 22.1 Å². The molecule has 5 nitrogen and oxygen atoms in total. The molecule has 2 aromatic rings. The fourth-order valence-electron chi connectivity index (χ4n) is 2.62. The predicted molar refractivity (Wildman–Crippen MR) is 119 cm³/mol. The van der Waals surface area contributed by atoms with Crippen LogP contribution in [0.3, 0.4) is 0 Å². The average Bonchev–Trinajstić information content (AvgIpc) is 2.71. The van der Waals surface area contributed by atoms with Crippen molar-refractivity contribution in [2.75, 3.05) is 6.61 Å². The maximum atomic E-state index is 13.0. The lowest BCUT2D eigenvalue weighted by atomic mass is 10.1. The average molecular weight is 482 g/mol. The monoisotopic (exact) mass is 480 g/mol. The van der Waals surface area contributed by atoms with Crippen molar-refractivity contribution in [2.24, 2.45) is 0 Å². The standard InChI is InChI=1S/C22H26BrClN2O3/c1-4-15(2)25-22(28)16(3)26(13-17-8-10-18(23)11-9-17)21(27)14-29-20-7-5-6-19(24)12-20/h5-12,15-16H,4,13-14H2,1-3H3,(H,25,28). The fraction of sp³-hybridized carbons (Fsp3) is 0.364. The van der Waals surface area contributed by atoms with Gasteiger partial charge in [0.05, 0.1) is 0 Å². The molecular formula is C22H26BrClN2O3. The highest BCUT2D eigenvalue weighted by Crippen LogP contribution is 2.18. The summed E-state index contributed by atoms with van der Waals surface area (Å²) in [5.41, 5.74) is 0.924. The molecule has 2 rings (SSSR count). The number of nitrogens with zero attached hydrogens (tertiary/aromatic N) is 1. The summed E-state index contributed by atoms with van der Waals surface area (Å²) in [4.78, 5) is 27.1. The molecule has 29 heavy (non-hydrogen) atoms. The molecule has 0 aliphatic rings. The number of rotatable bonds is 9. The van der Waals surface area contributed by atoms with Gasteiger partial charge in [0.25, 0.3) is 5.91 Å². The van der Waals surface area contributed by atoms with Crippen LogP contribution in [0.5, 0.6) is 5.75 Å². The van der Waals surface area contributed by atoms with Gasteiger partial charge in [0.15, 0.2) is 6.61 Å². The number of halogens is 2. The molecule has 0 saturated heterocycles. The topological polar surface area (TPSA) is 58.6 Å². The molecule has 2 amide bonds. The minimum atomic E-state index is -0.636. The van der Waals surface area contributed by atoms with Crippen LogP contribution in [0.2, 0.25) is 5.02 Å². The molecule has 7 heteroatoms. The van der Waals surface area contributed by atoms with Crippen LogP contribution in [-0.2, 0) is 16.1 Å². The zero-order chi connectivity index (χ0) is 21.4. The normalized spacial score (nSPS) is 12.7. The van der Waals surface area contributed by atoms with Crippen LogP contribution in [-0.4, -0.2) is 35.4 Å². The molecule has 0 saturated carbocycles. The van der Waals surface area contributed by atoms with E-state index >= 15 is 0 Å². The van der Waals surface area contributed by atoms with Crippen molar-refractivity contribution in [2.45, 2.75) is 45.8 Å². The summed E-state index contributed by atoms with van der Waals surface area (Å²) in [6.07, 6.45) is 0.816. The minimum Gasteiger partial charge on any atom is -0.484 e. The molecule has 0 bridgehead atoms. The lowest BCUT2D eigenvalue weighted by molar-refractivity contribution is -0.142. The van der Waals surface area contributed by atoms with Crippen LogP contribution in [0.25, 0.3) is 0 Å². The van der Waals surface area contributed by atoms with Gasteiger partial charge in [-0.3, -0.25) is 9.59 Å². The largest absolute Gasteiger partial charge is 0.484 e. The zero-order valence-electron chi connectivity index (χ0n) is 16.8. The van der Waals surface area contributed by atoms with E-state index in [0.29, 0.717) is 17.3 Å². The summed E-state index contributed by atoms with van der Waals surface area (Å²) in [6, 6.07) is 13.9. The van der Waals surface area contributed by atoms with Crippen LogP contribution in [0.1, 0.15) is 32.8 Å². The van der Waals surface area contributed by atoms with Crippen LogP contribution in [0.15, 0.2) is 53.0 Å². The highest BCUT2D eigenvalue weighted by molar-refractivity contribution is 9.10. The molecule has 0 heterocycles. The molecule has 2 aromatic carbocycles. The highest BCUT2D eigenvalue weighted by atomic mass is 79.9. The summed E-state index contributed by atoms with van der Waals surface area (Å²) in [5.74, 6) is 0.0402. The number of benzene rings is 2. The Bertz CT molecular complexity index is 829. The second-order valence-electron chi connectivity index (χ2n) is 6.89. The Morgan fingerprint density at radius 1 is 1.17 bits per heavy atom. The van der Waals surface area contributed by atoms with Crippen molar-refractivity contribution in [3.05, 3.63) is 63.6 Å². The van der Waals surface area contributed by atoms with Crippen LogP contribution >= 0.6 is 27.5 Å². The molecule has 0 aliphatic heterocycles. The summed E-state index contributed by atoms with van der Waals surface area (Å²) in [6.45, 7) is 5.79. The van der Waals surface area contributed by atoms with Crippen molar-refractivity contribution in [1.29, 1.82) is 0 Å². The van der Waals surface area contributed by atoms with Crippen molar-refractivity contribution >= 4 is 39.3 Å². The first kappa shape index (κ1) is 23.2. The number of carbonyl (C=O) groups excluding carboxylic acids is 2. The first-order chi connectivity index (χ1) is 13.8. The van der Waals surface area contributed by atoms with Gasteiger partial charge in [-0.2, -0.15) is 0 Å². The molecule has 2 unspecified atom stereocenters. The first-order valence-corrected chi connectivity index (χ1v) is 10.7. The second kappa shape index (κ2) is 11.2. The Balaban J connectivity index is 2.14. The molecule has 0 spiro atoms. The van der Waals surface area contributed by atoms with E-state index in [1.807, 2.05) is 38.1 Å². The van der Waals surface area contributed by atoms with E-state index in [4.69, 9.17) is 16.3 Å². The maximum Gasteiger partial charge on any atom is 0.261 e. The Kier molecular flexibility index (Phi) is 8.99. The smallest absolute Gasteiger partial charge is 0.261 e. The number of hydrogen-bond donors (Lipinski definition) is 1. The minimum absolute atomic E-state index is 0.0392. The SMILES string of the molecule is CCC(C)NC(=O)C(C)N(Cc1ccc(Br)cc1)C(=O)COc1cccc(Cl)c1. The molecule has 0 aliphatic carbocycles. The van der Waals surface area contributed by atoms with Crippen molar-refractivity contribution < 1.29 is 14.3 Å². The van der Waals surface area contributed by atoms with E-state index in [2.05, 4.69) is 21.2 Å². The number of amides is 2. The Morgan fingerprint density at radius 3 is 2.48 bits per heavy atom. The Morgan fingerprint density at radius 2 is 1.86 bits per heavy atom. The fourth-order valence-corrected chi connectivity index (χ4v) is 3.06. The van der Waals surface area contributed by atoms with Gasteiger partial charge in [0.2, 0.25) is 5.91 Å². The van der Waals surface area contributed by atoms with Crippen LogP contribution < -0.4 is 10.1 Å². The van der Waals surface area contributed by atoms with Crippen LogP contribution in [0.4, 0.5) is 0 Å². The quantitative estimate of drug-likeness (QED) is 0.559. The van der Waals surface area contributed by atoms with E-state index < -0.39 is 6.04 Å². The van der Waals surface area contributed by atoms with Gasteiger partial charge in [0.1, 0.15) is 11.8 Å². The summed E-state index contributed by atoms with van der Waals surface area (Å²) in [7, 11) is 0. The number of hydrogen-bond acceptors (Lipinski definition) is 3. The molecule has 1 N–H and O–H groups in total. The highest BCUT2D eigenvalue weighted by Gasteiger charge is 2.27. The summed E-state index contributed by atoms with van der Waals surface area (Å²) >= 11 is 9.37. The predicted octanol–water partition coefficient (Wildman–Crippen LogP) is 4.81. The third kappa shape index (κ3) is 7.37. The number of ether oxygens (including phenoxy) is 1. The third-order valence-corrected chi connectivity index (χ3v) is 5.36. The second-order valence-corrected chi connectivity index (χ2v) is 8.24. The summed E-state index contributed by atoms with van der Waals surface area (Å²) < 4.78 is 6.55. The molecule has 0 radical (unpaired) electrons. The molecule has 0 fully saturated rings. The van der Waals surface area contributed by atoms with E-state index in [9.17, 15) is 9.59 Å². The van der Waals surface area contributed by atoms with E-state index in [1.165, 1.54) is 4.90 Å². The maximum absolute atomic E-state index is 13.0. The van der Waals surface area contributed by atoms with Gasteiger partial charge in [-0.25, -0.2) is 0 Å². The Hall–Kier alpha value is -2.05. The summed E-state index contributed by atoms with van der Waals surface area (Å²) in [5, 5.41) is 3.47. The van der Waals surface area contributed by atoms with Gasteiger partial charge >= 0.3 is 0 Å². The number of nitrogens with one attached hydrogen (secondary N) is 1. The lowest BCUT2D eigenvalue weighted by Gasteiger charge is -2.29. The molecule has 0 aromatic heterocycles. The van der Waals surface area contributed by atoms with Crippen LogP contribution in [0, 0.1) is 0 Å².